The number of anilines is 1. The average molecular weight is 394 g/mol. The molecule has 0 atom stereocenters. The summed E-state index contributed by atoms with van der Waals surface area (Å²) in [5.41, 5.74) is 1.62. The van der Waals surface area contributed by atoms with Gasteiger partial charge in [0.05, 0.1) is 13.1 Å². The summed E-state index contributed by atoms with van der Waals surface area (Å²) in [5, 5.41) is 4.01. The van der Waals surface area contributed by atoms with Crippen LogP contribution in [-0.2, 0) is 16.1 Å². The molecule has 5 nitrogen and oxygen atoms in total. The number of carbonyl (C=O) groups excluding carboxylic acids is 2. The predicted octanol–water partition coefficient (Wildman–Crippen LogP) is 3.52. The summed E-state index contributed by atoms with van der Waals surface area (Å²) in [4.78, 5) is 27.7. The molecule has 2 aromatic carbocycles. The second-order valence-electron chi connectivity index (χ2n) is 6.11. The molecule has 0 aliphatic rings. The van der Waals surface area contributed by atoms with Gasteiger partial charge >= 0.3 is 0 Å². The zero-order valence-electron chi connectivity index (χ0n) is 14.7. The summed E-state index contributed by atoms with van der Waals surface area (Å²) >= 11 is 11.8. The highest BCUT2D eigenvalue weighted by molar-refractivity contribution is 6.30. The quantitative estimate of drug-likeness (QED) is 0.782. The van der Waals surface area contributed by atoms with E-state index in [0.29, 0.717) is 22.3 Å². The summed E-state index contributed by atoms with van der Waals surface area (Å²) in [6, 6.07) is 14.2. The van der Waals surface area contributed by atoms with Crippen LogP contribution < -0.4 is 5.32 Å². The molecule has 0 saturated heterocycles. The molecule has 2 rings (SSSR count). The summed E-state index contributed by atoms with van der Waals surface area (Å²) < 4.78 is 0. The second-order valence-corrected chi connectivity index (χ2v) is 6.98. The Balaban J connectivity index is 1.80. The lowest BCUT2D eigenvalue weighted by atomic mass is 10.2. The Labute approximate surface area is 163 Å². The first-order valence-electron chi connectivity index (χ1n) is 8.06. The number of halogens is 2. The number of nitrogens with zero attached hydrogens (tertiary/aromatic N) is 2. The normalized spacial score (nSPS) is 10.7. The van der Waals surface area contributed by atoms with Crippen molar-refractivity contribution in [3.63, 3.8) is 0 Å². The Morgan fingerprint density at radius 2 is 1.65 bits per heavy atom. The highest BCUT2D eigenvalue weighted by Gasteiger charge is 2.14. The van der Waals surface area contributed by atoms with Crippen LogP contribution in [0.1, 0.15) is 5.56 Å². The van der Waals surface area contributed by atoms with Gasteiger partial charge in [0, 0.05) is 29.3 Å². The zero-order valence-corrected chi connectivity index (χ0v) is 16.2. The van der Waals surface area contributed by atoms with Gasteiger partial charge in [-0.3, -0.25) is 14.5 Å². The van der Waals surface area contributed by atoms with E-state index in [1.54, 1.807) is 54.2 Å². The van der Waals surface area contributed by atoms with Gasteiger partial charge in [-0.15, -0.1) is 0 Å². The molecule has 0 heterocycles. The first kappa shape index (κ1) is 20.2. The summed E-state index contributed by atoms with van der Waals surface area (Å²) in [6.07, 6.45) is 0. The molecular weight excluding hydrogens is 373 g/mol. The number of rotatable bonds is 7. The fourth-order valence-electron chi connectivity index (χ4n) is 2.38. The van der Waals surface area contributed by atoms with E-state index in [9.17, 15) is 9.59 Å². The maximum atomic E-state index is 12.3. The first-order valence-corrected chi connectivity index (χ1v) is 8.81. The monoisotopic (exact) mass is 393 g/mol. The van der Waals surface area contributed by atoms with E-state index in [2.05, 4.69) is 5.32 Å². The lowest BCUT2D eigenvalue weighted by Crippen LogP contribution is -2.39. The average Bonchev–Trinajstić information content (AvgIpc) is 2.56. The molecule has 2 aromatic rings. The number of hydrogen-bond acceptors (Lipinski definition) is 3. The molecule has 1 N–H and O–H groups in total. The van der Waals surface area contributed by atoms with Crippen LogP contribution in [-0.4, -0.2) is 48.8 Å². The number of carbonyl (C=O) groups is 2. The third kappa shape index (κ3) is 6.67. The van der Waals surface area contributed by atoms with Crippen LogP contribution in [0.5, 0.6) is 0 Å². The largest absolute Gasteiger partial charge is 0.340 e. The van der Waals surface area contributed by atoms with Crippen molar-refractivity contribution in [1.82, 2.24) is 9.80 Å². The lowest BCUT2D eigenvalue weighted by molar-refractivity contribution is -0.131. The molecule has 26 heavy (non-hydrogen) atoms. The standard InChI is InChI=1S/C19H21Cl2N3O2/c1-23(12-18(25)22-17-8-6-15(20)7-9-17)13-19(26)24(2)11-14-4-3-5-16(21)10-14/h3-10H,11-13H2,1-2H3,(H,22,25). The molecule has 0 unspecified atom stereocenters. The van der Waals surface area contributed by atoms with Crippen molar-refractivity contribution in [1.29, 1.82) is 0 Å². The van der Waals surface area contributed by atoms with E-state index < -0.39 is 0 Å². The molecule has 0 aliphatic carbocycles. The van der Waals surface area contributed by atoms with Gasteiger partial charge in [-0.2, -0.15) is 0 Å². The molecule has 0 aliphatic heterocycles. The molecule has 0 spiro atoms. The highest BCUT2D eigenvalue weighted by atomic mass is 35.5. The number of likely N-dealkylation sites (N-methyl/N-ethyl adjacent to an activating group) is 2. The molecular formula is C19H21Cl2N3O2. The van der Waals surface area contributed by atoms with Gasteiger partial charge < -0.3 is 10.2 Å². The Kier molecular flexibility index (Phi) is 7.45. The lowest BCUT2D eigenvalue weighted by Gasteiger charge is -2.22. The minimum absolute atomic E-state index is 0.0771. The van der Waals surface area contributed by atoms with Gasteiger partial charge in [0.25, 0.3) is 0 Å². The van der Waals surface area contributed by atoms with Crippen LogP contribution in [0.25, 0.3) is 0 Å². The maximum absolute atomic E-state index is 12.3. The number of hydrogen-bond donors (Lipinski definition) is 1. The van der Waals surface area contributed by atoms with Crippen molar-refractivity contribution in [2.24, 2.45) is 0 Å². The van der Waals surface area contributed by atoms with E-state index in [1.807, 2.05) is 18.2 Å². The Bertz CT molecular complexity index is 766. The van der Waals surface area contributed by atoms with Crippen molar-refractivity contribution < 1.29 is 9.59 Å². The Hall–Kier alpha value is -2.08. The molecule has 0 saturated carbocycles. The topological polar surface area (TPSA) is 52.7 Å². The minimum Gasteiger partial charge on any atom is -0.340 e. The van der Waals surface area contributed by atoms with Crippen LogP contribution in [0, 0.1) is 0 Å². The van der Waals surface area contributed by atoms with Gasteiger partial charge in [0.1, 0.15) is 0 Å². The number of benzene rings is 2. The van der Waals surface area contributed by atoms with Crippen LogP contribution >= 0.6 is 23.2 Å². The van der Waals surface area contributed by atoms with Crippen LogP contribution in [0.3, 0.4) is 0 Å². The van der Waals surface area contributed by atoms with Crippen molar-refractivity contribution in [2.75, 3.05) is 32.5 Å². The molecule has 2 amide bonds. The van der Waals surface area contributed by atoms with E-state index >= 15 is 0 Å². The fraction of sp³-hybridized carbons (Fsp3) is 0.263. The van der Waals surface area contributed by atoms with Crippen molar-refractivity contribution in [3.05, 3.63) is 64.1 Å². The van der Waals surface area contributed by atoms with E-state index in [1.165, 1.54) is 0 Å². The Morgan fingerprint density at radius 3 is 2.31 bits per heavy atom. The van der Waals surface area contributed by atoms with Crippen LogP contribution in [0.2, 0.25) is 10.0 Å². The van der Waals surface area contributed by atoms with Crippen molar-refractivity contribution in [3.8, 4) is 0 Å². The van der Waals surface area contributed by atoms with E-state index in [-0.39, 0.29) is 24.9 Å². The van der Waals surface area contributed by atoms with Crippen LogP contribution in [0.4, 0.5) is 5.69 Å². The van der Waals surface area contributed by atoms with Gasteiger partial charge in [-0.25, -0.2) is 0 Å². The van der Waals surface area contributed by atoms with E-state index in [4.69, 9.17) is 23.2 Å². The number of amides is 2. The van der Waals surface area contributed by atoms with Gasteiger partial charge in [-0.05, 0) is 49.0 Å². The molecule has 7 heteroatoms. The number of nitrogens with one attached hydrogen (secondary N) is 1. The smallest absolute Gasteiger partial charge is 0.238 e. The minimum atomic E-state index is -0.194. The maximum Gasteiger partial charge on any atom is 0.238 e. The highest BCUT2D eigenvalue weighted by Crippen LogP contribution is 2.14. The fourth-order valence-corrected chi connectivity index (χ4v) is 2.72. The molecule has 0 aromatic heterocycles. The third-order valence-electron chi connectivity index (χ3n) is 3.68. The predicted molar refractivity (Wildman–Crippen MR) is 106 cm³/mol. The molecule has 0 radical (unpaired) electrons. The van der Waals surface area contributed by atoms with Gasteiger partial charge in [-0.1, -0.05) is 35.3 Å². The molecule has 0 bridgehead atoms. The third-order valence-corrected chi connectivity index (χ3v) is 4.17. The Morgan fingerprint density at radius 1 is 0.962 bits per heavy atom. The van der Waals surface area contributed by atoms with Gasteiger partial charge in [0.2, 0.25) is 11.8 Å². The summed E-state index contributed by atoms with van der Waals surface area (Å²) in [7, 11) is 3.46. The van der Waals surface area contributed by atoms with Crippen LogP contribution in [0.15, 0.2) is 48.5 Å². The van der Waals surface area contributed by atoms with E-state index in [0.717, 1.165) is 5.56 Å². The van der Waals surface area contributed by atoms with Gasteiger partial charge in [0.15, 0.2) is 0 Å². The van der Waals surface area contributed by atoms with Crippen molar-refractivity contribution in [2.45, 2.75) is 6.54 Å². The first-order chi connectivity index (χ1) is 12.3. The molecule has 138 valence electrons. The second kappa shape index (κ2) is 9.57. The SMILES string of the molecule is CN(CC(=O)Nc1ccc(Cl)cc1)CC(=O)N(C)Cc1cccc(Cl)c1. The summed E-state index contributed by atoms with van der Waals surface area (Å²) in [6.45, 7) is 0.717. The van der Waals surface area contributed by atoms with Crippen molar-refractivity contribution >= 4 is 40.7 Å². The summed E-state index contributed by atoms with van der Waals surface area (Å²) in [5.74, 6) is -0.271. The zero-order chi connectivity index (χ0) is 19.1. The molecule has 0 fully saturated rings.